The Kier molecular flexibility index (Phi) is 17.6. The van der Waals surface area contributed by atoms with E-state index in [4.69, 9.17) is 29.9 Å². The molecule has 0 saturated carbocycles. The molecular formula is C33H48N4O5. The van der Waals surface area contributed by atoms with Crippen molar-refractivity contribution in [3.63, 3.8) is 0 Å². The fourth-order valence-corrected chi connectivity index (χ4v) is 4.17. The van der Waals surface area contributed by atoms with Gasteiger partial charge in [-0.1, -0.05) is 56.8 Å². The lowest BCUT2D eigenvalue weighted by Gasteiger charge is -2.33. The van der Waals surface area contributed by atoms with Crippen LogP contribution in [0.2, 0.25) is 0 Å². The Morgan fingerprint density at radius 2 is 1.50 bits per heavy atom. The number of phenols is 3. The fourth-order valence-electron chi connectivity index (χ4n) is 4.17. The third-order valence-electron chi connectivity index (χ3n) is 6.66. The zero-order valence-electron chi connectivity index (χ0n) is 26.1. The highest BCUT2D eigenvalue weighted by atomic mass is 16.3. The molecule has 0 spiro atoms. The molecule has 0 atom stereocenters. The number of phenolic OH excluding ortho intramolecular Hbond substituents is 3. The molecule has 9 heteroatoms. The van der Waals surface area contributed by atoms with Gasteiger partial charge in [0.2, 0.25) is 5.75 Å². The average Bonchev–Trinajstić information content (AvgIpc) is 3.03. The first kappa shape index (κ1) is 37.6. The fraction of sp³-hybridized carbons (Fsp3) is 0.364. The van der Waals surface area contributed by atoms with Gasteiger partial charge in [0, 0.05) is 18.7 Å². The second kappa shape index (κ2) is 19.7. The normalized spacial score (nSPS) is 16.8. The number of carbonyl (C=O) groups excluding carboxylic acids is 2. The second-order valence-electron chi connectivity index (χ2n) is 9.41. The minimum absolute atomic E-state index is 0.264. The Morgan fingerprint density at radius 1 is 0.929 bits per heavy atom. The molecule has 230 valence electrons. The number of benzene rings is 2. The quantitative estimate of drug-likeness (QED) is 0.348. The number of allylic oxidation sites excluding steroid dienone is 2. The lowest BCUT2D eigenvalue weighted by molar-refractivity contribution is -0.0987. The summed E-state index contributed by atoms with van der Waals surface area (Å²) in [6.07, 6.45) is 6.32. The van der Waals surface area contributed by atoms with Crippen LogP contribution in [0.25, 0.3) is 5.70 Å². The van der Waals surface area contributed by atoms with Gasteiger partial charge in [-0.05, 0) is 76.5 Å². The van der Waals surface area contributed by atoms with Crippen LogP contribution < -0.4 is 5.32 Å². The van der Waals surface area contributed by atoms with Crippen LogP contribution in [0.3, 0.4) is 0 Å². The molecular weight excluding hydrogens is 532 g/mol. The highest BCUT2D eigenvalue weighted by Crippen LogP contribution is 2.36. The van der Waals surface area contributed by atoms with Crippen LogP contribution in [0.5, 0.6) is 17.2 Å². The van der Waals surface area contributed by atoms with Crippen LogP contribution in [0.1, 0.15) is 50.3 Å². The molecule has 4 N–H and O–H groups in total. The minimum atomic E-state index is -0.458. The molecule has 0 unspecified atom stereocenters. The van der Waals surface area contributed by atoms with Crippen LogP contribution in [-0.4, -0.2) is 77.8 Å². The Hall–Kier alpha value is -4.37. The Balaban J connectivity index is 0.000000876. The van der Waals surface area contributed by atoms with E-state index < -0.39 is 5.75 Å². The summed E-state index contributed by atoms with van der Waals surface area (Å²) in [6, 6.07) is 11.7. The maximum Gasteiger partial charge on any atom is 0.200 e. The number of carbonyl (C=O) groups is 2. The predicted octanol–water partition coefficient (Wildman–Crippen LogP) is 5.55. The topological polar surface area (TPSA) is 126 Å². The van der Waals surface area contributed by atoms with Crippen LogP contribution in [0.4, 0.5) is 0 Å². The van der Waals surface area contributed by atoms with E-state index in [-0.39, 0.29) is 11.5 Å². The van der Waals surface area contributed by atoms with Gasteiger partial charge in [0.1, 0.15) is 25.2 Å². The molecule has 2 heterocycles. The van der Waals surface area contributed by atoms with Crippen LogP contribution in [-0.2, 0) is 9.59 Å². The van der Waals surface area contributed by atoms with E-state index in [1.165, 1.54) is 23.3 Å². The number of piperidine rings is 1. The summed E-state index contributed by atoms with van der Waals surface area (Å²) in [7, 11) is 4.26. The van der Waals surface area contributed by atoms with Crippen molar-refractivity contribution in [2.24, 2.45) is 4.99 Å². The summed E-state index contributed by atoms with van der Waals surface area (Å²) >= 11 is 0. The number of likely N-dealkylation sites (tertiary alicyclic amines) is 1. The summed E-state index contributed by atoms with van der Waals surface area (Å²) in [6.45, 7) is 20.0. The zero-order valence-corrected chi connectivity index (χ0v) is 26.1. The number of rotatable bonds is 3. The van der Waals surface area contributed by atoms with Crippen molar-refractivity contribution < 1.29 is 24.9 Å². The minimum Gasteiger partial charge on any atom is -0.504 e. The summed E-state index contributed by atoms with van der Waals surface area (Å²) in [5.74, 6) is 1.04. The number of nitrogens with one attached hydrogen (secondary N) is 1. The monoisotopic (exact) mass is 580 g/mol. The number of hydrogen-bond acceptors (Lipinski definition) is 8. The van der Waals surface area contributed by atoms with Gasteiger partial charge in [-0.3, -0.25) is 4.99 Å². The smallest absolute Gasteiger partial charge is 0.200 e. The summed E-state index contributed by atoms with van der Waals surface area (Å²) < 4.78 is 0. The largest absolute Gasteiger partial charge is 0.504 e. The SMILES string of the molecule is C=C/C(C)=C1/NC(c2ccccc2C)=CC(=NC2CCN(C)CC2)N1C.C=O.C=O.CC.Cc1ccc(O)c(O)c1O. The third kappa shape index (κ3) is 10.6. The third-order valence-corrected chi connectivity index (χ3v) is 6.66. The Morgan fingerprint density at radius 3 is 2.02 bits per heavy atom. The van der Waals surface area contributed by atoms with E-state index in [2.05, 4.69) is 80.0 Å². The molecule has 1 fully saturated rings. The van der Waals surface area contributed by atoms with E-state index >= 15 is 0 Å². The molecule has 0 aliphatic carbocycles. The van der Waals surface area contributed by atoms with Gasteiger partial charge in [0.25, 0.3) is 0 Å². The van der Waals surface area contributed by atoms with Gasteiger partial charge in [-0.2, -0.15) is 0 Å². The van der Waals surface area contributed by atoms with Gasteiger partial charge in [-0.25, -0.2) is 0 Å². The van der Waals surface area contributed by atoms with Crippen molar-refractivity contribution in [3.05, 3.63) is 83.2 Å². The van der Waals surface area contributed by atoms with Gasteiger partial charge in [0.05, 0.1) is 11.7 Å². The number of aromatic hydroxyl groups is 3. The maximum absolute atomic E-state index is 8.98. The molecule has 2 aromatic rings. The molecule has 1 saturated heterocycles. The summed E-state index contributed by atoms with van der Waals surface area (Å²) in [5.41, 5.74) is 5.22. The maximum atomic E-state index is 8.98. The van der Waals surface area contributed by atoms with Crippen molar-refractivity contribution in [1.29, 1.82) is 0 Å². The number of aliphatic imine (C=N–C) groups is 1. The Bertz CT molecular complexity index is 1200. The van der Waals surface area contributed by atoms with Crippen molar-refractivity contribution >= 4 is 25.1 Å². The number of hydrogen-bond donors (Lipinski definition) is 4. The summed E-state index contributed by atoms with van der Waals surface area (Å²) in [5, 5.41) is 30.3. The lowest BCUT2D eigenvalue weighted by Crippen LogP contribution is -2.39. The van der Waals surface area contributed by atoms with E-state index in [9.17, 15) is 0 Å². The average molecular weight is 581 g/mol. The van der Waals surface area contributed by atoms with Crippen LogP contribution >= 0.6 is 0 Å². The Labute approximate surface area is 251 Å². The van der Waals surface area contributed by atoms with E-state index in [0.29, 0.717) is 11.6 Å². The van der Waals surface area contributed by atoms with Gasteiger partial charge < -0.3 is 40.0 Å². The predicted molar refractivity (Wildman–Crippen MR) is 173 cm³/mol. The highest BCUT2D eigenvalue weighted by Gasteiger charge is 2.23. The molecule has 2 aliphatic rings. The molecule has 4 rings (SSSR count). The van der Waals surface area contributed by atoms with Crippen molar-refractivity contribution in [2.45, 2.75) is 53.5 Å². The van der Waals surface area contributed by atoms with E-state index in [1.807, 2.05) is 33.5 Å². The standard InChI is InChI=1S/C22H30N4.C7H8O3.C2H6.2CH2O/c1-6-16(2)22-24-20(19-10-8-7-9-17(19)3)15-21(26(22)5)23-18-11-13-25(4)14-12-18;1-4-2-3-5(8)7(10)6(4)9;3*1-2/h6-10,15,18,24H,1,11-14H2,2-5H3;2-3,8-10H,1H3;1-2H3;2*1H2/b22-16-,23-21?;;;;. The first-order valence-corrected chi connectivity index (χ1v) is 13.8. The molecule has 2 aromatic carbocycles. The van der Waals surface area contributed by atoms with Gasteiger partial charge in [0.15, 0.2) is 11.5 Å². The highest BCUT2D eigenvalue weighted by molar-refractivity contribution is 6.02. The van der Waals surface area contributed by atoms with Crippen LogP contribution in [0.15, 0.2) is 71.5 Å². The molecule has 9 nitrogen and oxygen atoms in total. The van der Waals surface area contributed by atoms with Crippen molar-refractivity contribution in [2.75, 3.05) is 27.2 Å². The molecule has 0 bridgehead atoms. The lowest BCUT2D eigenvalue weighted by atomic mass is 10.0. The van der Waals surface area contributed by atoms with Crippen LogP contribution in [0, 0.1) is 13.8 Å². The number of aryl methyl sites for hydroxylation is 2. The van der Waals surface area contributed by atoms with E-state index in [0.717, 1.165) is 48.9 Å². The van der Waals surface area contributed by atoms with Gasteiger partial charge in [-0.15, -0.1) is 0 Å². The number of nitrogens with zero attached hydrogens (tertiary/aromatic N) is 3. The molecule has 0 radical (unpaired) electrons. The van der Waals surface area contributed by atoms with E-state index in [1.54, 1.807) is 6.92 Å². The van der Waals surface area contributed by atoms with Crippen molar-refractivity contribution in [3.8, 4) is 17.2 Å². The zero-order chi connectivity index (χ0) is 32.4. The molecule has 0 amide bonds. The number of amidine groups is 1. The molecule has 0 aromatic heterocycles. The molecule has 2 aliphatic heterocycles. The van der Waals surface area contributed by atoms with Gasteiger partial charge >= 0.3 is 0 Å². The summed E-state index contributed by atoms with van der Waals surface area (Å²) in [4.78, 5) is 25.6. The first-order chi connectivity index (χ1) is 20.1. The van der Waals surface area contributed by atoms with Crippen molar-refractivity contribution in [1.82, 2.24) is 15.1 Å². The molecule has 42 heavy (non-hydrogen) atoms. The second-order valence-corrected chi connectivity index (χ2v) is 9.41. The first-order valence-electron chi connectivity index (χ1n) is 13.8. The number of likely N-dealkylation sites (N-methyl/N-ethyl adjacent to an activating group) is 1.